The van der Waals surface area contributed by atoms with Crippen molar-refractivity contribution in [3.63, 3.8) is 0 Å². The maximum Gasteiger partial charge on any atom is 0.348 e. The lowest BCUT2D eigenvalue weighted by atomic mass is 10.1. The van der Waals surface area contributed by atoms with Gasteiger partial charge in [0.15, 0.2) is 5.76 Å². The van der Waals surface area contributed by atoms with E-state index in [0.29, 0.717) is 28.5 Å². The number of hydrogen-bond acceptors (Lipinski definition) is 8. The second kappa shape index (κ2) is 11.9. The number of anilines is 1. The fourth-order valence-electron chi connectivity index (χ4n) is 3.19. The Morgan fingerprint density at radius 1 is 1.06 bits per heavy atom. The average Bonchev–Trinajstić information content (AvgIpc) is 3.42. The largest absolute Gasteiger partial charge is 0.484 e. The van der Waals surface area contributed by atoms with Gasteiger partial charge < -0.3 is 23.9 Å². The number of halogens is 1. The number of furan rings is 1. The standard InChI is InChI=1S/C25H26ClNO7S/c1-5-12-32-24(29)19-15(4)21(25(30)31-6-2)35-23(19)27-22(28)18-11-10-16(34-18)13-33-20-14(3)8-7-9-17(20)26/h7-11H,5-6,12-13H2,1-4H3,(H,27,28). The predicted octanol–water partition coefficient (Wildman–Crippen LogP) is 6.19. The Hall–Kier alpha value is -3.30. The molecule has 35 heavy (non-hydrogen) atoms. The van der Waals surface area contributed by atoms with E-state index >= 15 is 0 Å². The number of nitrogens with one attached hydrogen (secondary N) is 1. The van der Waals surface area contributed by atoms with Crippen LogP contribution in [0.2, 0.25) is 5.02 Å². The SMILES string of the molecule is CCCOC(=O)c1c(NC(=O)c2ccc(COc3c(C)cccc3Cl)o2)sc(C(=O)OCC)c1C. The van der Waals surface area contributed by atoms with Crippen LogP contribution in [0, 0.1) is 13.8 Å². The van der Waals surface area contributed by atoms with Crippen LogP contribution in [0.5, 0.6) is 5.75 Å². The predicted molar refractivity (Wildman–Crippen MR) is 133 cm³/mol. The summed E-state index contributed by atoms with van der Waals surface area (Å²) in [6.45, 7) is 7.49. The Morgan fingerprint density at radius 2 is 1.83 bits per heavy atom. The minimum Gasteiger partial charge on any atom is -0.484 e. The van der Waals surface area contributed by atoms with Gasteiger partial charge in [-0.2, -0.15) is 0 Å². The first-order valence-corrected chi connectivity index (χ1v) is 12.2. The van der Waals surface area contributed by atoms with Crippen LogP contribution in [0.4, 0.5) is 5.00 Å². The Labute approximate surface area is 212 Å². The van der Waals surface area contributed by atoms with Crippen molar-refractivity contribution in [3.8, 4) is 5.75 Å². The molecule has 8 nitrogen and oxygen atoms in total. The summed E-state index contributed by atoms with van der Waals surface area (Å²) in [4.78, 5) is 38.1. The van der Waals surface area contributed by atoms with E-state index in [1.54, 1.807) is 26.0 Å². The van der Waals surface area contributed by atoms with Crippen molar-refractivity contribution in [3.05, 3.63) is 68.4 Å². The van der Waals surface area contributed by atoms with Gasteiger partial charge in [0.05, 0.1) is 23.8 Å². The zero-order valence-electron chi connectivity index (χ0n) is 19.9. The van der Waals surface area contributed by atoms with Gasteiger partial charge in [0.1, 0.15) is 28.0 Å². The Kier molecular flexibility index (Phi) is 8.95. The summed E-state index contributed by atoms with van der Waals surface area (Å²) in [5, 5.41) is 3.32. The molecule has 0 fully saturated rings. The average molecular weight is 520 g/mol. The summed E-state index contributed by atoms with van der Waals surface area (Å²) in [6.07, 6.45) is 0.631. The van der Waals surface area contributed by atoms with Crippen molar-refractivity contribution in [2.24, 2.45) is 0 Å². The van der Waals surface area contributed by atoms with Gasteiger partial charge in [0.25, 0.3) is 5.91 Å². The summed E-state index contributed by atoms with van der Waals surface area (Å²) >= 11 is 7.13. The summed E-state index contributed by atoms with van der Waals surface area (Å²) in [5.41, 5.74) is 1.37. The highest BCUT2D eigenvalue weighted by Gasteiger charge is 2.28. The monoisotopic (exact) mass is 519 g/mol. The number of para-hydroxylation sites is 1. The minimum atomic E-state index is -0.630. The number of aryl methyl sites for hydroxylation is 1. The highest BCUT2D eigenvalue weighted by Crippen LogP contribution is 2.35. The number of thiophene rings is 1. The van der Waals surface area contributed by atoms with Crippen molar-refractivity contribution < 1.29 is 33.0 Å². The first-order valence-electron chi connectivity index (χ1n) is 11.0. The van der Waals surface area contributed by atoms with Crippen LogP contribution in [-0.2, 0) is 16.1 Å². The Morgan fingerprint density at radius 3 is 2.51 bits per heavy atom. The zero-order valence-corrected chi connectivity index (χ0v) is 21.4. The third kappa shape index (κ3) is 6.23. The molecule has 1 N–H and O–H groups in total. The number of hydrogen-bond donors (Lipinski definition) is 1. The molecule has 0 spiro atoms. The van der Waals surface area contributed by atoms with Gasteiger partial charge in [-0.3, -0.25) is 4.79 Å². The molecule has 0 radical (unpaired) electrons. The Bertz CT molecular complexity index is 1210. The molecule has 2 aromatic heterocycles. The van der Waals surface area contributed by atoms with Crippen LogP contribution in [0.25, 0.3) is 0 Å². The van der Waals surface area contributed by atoms with E-state index in [1.165, 1.54) is 6.07 Å². The van der Waals surface area contributed by atoms with Crippen LogP contribution in [0.1, 0.15) is 67.7 Å². The van der Waals surface area contributed by atoms with E-state index in [2.05, 4.69) is 5.32 Å². The molecule has 0 aliphatic rings. The smallest absolute Gasteiger partial charge is 0.348 e. The lowest BCUT2D eigenvalue weighted by Crippen LogP contribution is -2.14. The normalized spacial score (nSPS) is 10.7. The molecule has 10 heteroatoms. The molecular weight excluding hydrogens is 494 g/mol. The van der Waals surface area contributed by atoms with E-state index in [9.17, 15) is 14.4 Å². The molecule has 0 atom stereocenters. The second-order valence-corrected chi connectivity index (χ2v) is 8.94. The number of ether oxygens (including phenoxy) is 3. The number of carbonyl (C=O) groups is 3. The van der Waals surface area contributed by atoms with Crippen molar-refractivity contribution in [1.29, 1.82) is 0 Å². The second-order valence-electron chi connectivity index (χ2n) is 7.51. The first-order chi connectivity index (χ1) is 16.8. The molecular formula is C25H26ClNO7S. The van der Waals surface area contributed by atoms with Gasteiger partial charge in [0.2, 0.25) is 0 Å². The zero-order chi connectivity index (χ0) is 25.5. The molecule has 1 amide bonds. The van der Waals surface area contributed by atoms with Gasteiger partial charge in [-0.1, -0.05) is 30.7 Å². The molecule has 0 unspecified atom stereocenters. The van der Waals surface area contributed by atoms with E-state index in [-0.39, 0.29) is 41.0 Å². The fourth-order valence-corrected chi connectivity index (χ4v) is 4.55. The molecule has 0 aliphatic heterocycles. The third-order valence-corrected chi connectivity index (χ3v) is 6.37. The van der Waals surface area contributed by atoms with Gasteiger partial charge >= 0.3 is 11.9 Å². The number of carbonyl (C=O) groups excluding carboxylic acids is 3. The van der Waals surface area contributed by atoms with Crippen LogP contribution < -0.4 is 10.1 Å². The topological polar surface area (TPSA) is 104 Å². The number of esters is 2. The van der Waals surface area contributed by atoms with Crippen LogP contribution in [0.15, 0.2) is 34.7 Å². The van der Waals surface area contributed by atoms with Gasteiger partial charge in [-0.15, -0.1) is 11.3 Å². The third-order valence-electron chi connectivity index (χ3n) is 4.88. The maximum absolute atomic E-state index is 12.9. The number of rotatable bonds is 10. The molecule has 0 bridgehead atoms. The fraction of sp³-hybridized carbons (Fsp3) is 0.320. The minimum absolute atomic E-state index is 0.0103. The molecule has 0 saturated heterocycles. The van der Waals surface area contributed by atoms with Crippen molar-refractivity contribution in [2.75, 3.05) is 18.5 Å². The molecule has 3 aromatic rings. The molecule has 2 heterocycles. The van der Waals surface area contributed by atoms with Crippen LogP contribution in [0.3, 0.4) is 0 Å². The summed E-state index contributed by atoms with van der Waals surface area (Å²) in [7, 11) is 0. The van der Waals surface area contributed by atoms with E-state index in [4.69, 9.17) is 30.2 Å². The lowest BCUT2D eigenvalue weighted by molar-refractivity contribution is 0.0506. The quantitative estimate of drug-likeness (QED) is 0.318. The van der Waals surface area contributed by atoms with Gasteiger partial charge in [-0.25, -0.2) is 9.59 Å². The molecule has 1 aromatic carbocycles. The van der Waals surface area contributed by atoms with Crippen molar-refractivity contribution >= 4 is 45.8 Å². The highest BCUT2D eigenvalue weighted by molar-refractivity contribution is 7.18. The lowest BCUT2D eigenvalue weighted by Gasteiger charge is -2.09. The van der Waals surface area contributed by atoms with Gasteiger partial charge in [0, 0.05) is 0 Å². The molecule has 186 valence electrons. The number of benzene rings is 1. The molecule has 0 aliphatic carbocycles. The molecule has 3 rings (SSSR count). The summed E-state index contributed by atoms with van der Waals surface area (Å²) < 4.78 is 21.7. The maximum atomic E-state index is 12.9. The summed E-state index contributed by atoms with van der Waals surface area (Å²) in [6, 6.07) is 8.53. The van der Waals surface area contributed by atoms with Gasteiger partial charge in [-0.05, 0) is 56.5 Å². The van der Waals surface area contributed by atoms with Crippen LogP contribution in [-0.4, -0.2) is 31.1 Å². The van der Waals surface area contributed by atoms with E-state index in [1.807, 2.05) is 26.0 Å². The van der Waals surface area contributed by atoms with E-state index in [0.717, 1.165) is 16.9 Å². The summed E-state index contributed by atoms with van der Waals surface area (Å²) in [5.74, 6) is -0.844. The highest BCUT2D eigenvalue weighted by atomic mass is 35.5. The Balaban J connectivity index is 1.79. The van der Waals surface area contributed by atoms with Crippen LogP contribution >= 0.6 is 22.9 Å². The van der Waals surface area contributed by atoms with E-state index < -0.39 is 17.8 Å². The number of amides is 1. The van der Waals surface area contributed by atoms with Crippen molar-refractivity contribution in [1.82, 2.24) is 0 Å². The first kappa shape index (κ1) is 26.3. The molecule has 0 saturated carbocycles. The van der Waals surface area contributed by atoms with Crippen molar-refractivity contribution in [2.45, 2.75) is 40.7 Å².